The number of amides is 1. The summed E-state index contributed by atoms with van der Waals surface area (Å²) in [7, 11) is 1.58. The Bertz CT molecular complexity index is 1350. The molecule has 0 radical (unpaired) electrons. The molecule has 3 heterocycles. The molecule has 38 heavy (non-hydrogen) atoms. The topological polar surface area (TPSA) is 97.2 Å². The minimum atomic E-state index is -0.865. The maximum absolute atomic E-state index is 12.2. The third-order valence-electron chi connectivity index (χ3n) is 7.83. The Morgan fingerprint density at radius 1 is 1.18 bits per heavy atom. The van der Waals surface area contributed by atoms with Crippen molar-refractivity contribution in [3.63, 3.8) is 0 Å². The van der Waals surface area contributed by atoms with Crippen LogP contribution in [0.15, 0.2) is 42.5 Å². The first-order chi connectivity index (χ1) is 18.1. The van der Waals surface area contributed by atoms with Crippen molar-refractivity contribution in [3.8, 4) is 11.6 Å². The van der Waals surface area contributed by atoms with Gasteiger partial charge in [-0.25, -0.2) is 9.78 Å². The summed E-state index contributed by atoms with van der Waals surface area (Å²) in [4.78, 5) is 24.8. The summed E-state index contributed by atoms with van der Waals surface area (Å²) < 4.78 is 16.9. The van der Waals surface area contributed by atoms with E-state index < -0.39 is 11.6 Å². The number of carbonyl (C=O) groups is 1. The lowest BCUT2D eigenvalue weighted by Gasteiger charge is -2.54. The van der Waals surface area contributed by atoms with Crippen LogP contribution in [0, 0.1) is 5.41 Å². The molecule has 0 saturated carbocycles. The number of ether oxygens (including phenoxy) is 3. The van der Waals surface area contributed by atoms with Gasteiger partial charge in [0, 0.05) is 31.8 Å². The lowest BCUT2D eigenvalue weighted by molar-refractivity contribution is 0.00523. The first-order valence-corrected chi connectivity index (χ1v) is 13.1. The zero-order chi connectivity index (χ0) is 27.1. The molecule has 0 aliphatic carbocycles. The minimum Gasteiger partial charge on any atom is -0.473 e. The van der Waals surface area contributed by atoms with Crippen LogP contribution in [-0.4, -0.2) is 64.6 Å². The average molecular weight is 541 g/mol. The van der Waals surface area contributed by atoms with E-state index in [1.54, 1.807) is 18.1 Å². The number of hydrogen-bond donors (Lipinski definition) is 1. The molecule has 3 aromatic rings. The molecular weight excluding hydrogens is 508 g/mol. The largest absolute Gasteiger partial charge is 0.473 e. The molecule has 2 bridgehead atoms. The van der Waals surface area contributed by atoms with Gasteiger partial charge in [0.05, 0.1) is 11.6 Å². The summed E-state index contributed by atoms with van der Waals surface area (Å²) in [5.74, 6) is 1.67. The van der Waals surface area contributed by atoms with Gasteiger partial charge in [-0.05, 0) is 52.8 Å². The molecule has 2 aromatic carbocycles. The summed E-state index contributed by atoms with van der Waals surface area (Å²) in [5.41, 5.74) is 0.151. The molecule has 0 unspecified atom stereocenters. The Balaban J connectivity index is 1.41. The number of nitrogens with zero attached hydrogens (tertiary/aromatic N) is 4. The van der Waals surface area contributed by atoms with Crippen LogP contribution in [0.4, 0.5) is 10.6 Å². The van der Waals surface area contributed by atoms with Crippen LogP contribution in [0.5, 0.6) is 11.6 Å². The van der Waals surface area contributed by atoms with Gasteiger partial charge in [0.2, 0.25) is 11.2 Å². The SMILES string of the molecule is COCOc1cc(COc2cc(N3C[C@@H]4CC[C@@](C(C)(C)C)(C3)N4C(=O)O)nc(Cl)n2)c2ccccc2c1. The highest BCUT2D eigenvalue weighted by Crippen LogP contribution is 2.50. The third kappa shape index (κ3) is 4.80. The van der Waals surface area contributed by atoms with E-state index in [1.807, 2.05) is 36.4 Å². The van der Waals surface area contributed by atoms with Gasteiger partial charge in [0.15, 0.2) is 6.79 Å². The quantitative estimate of drug-likeness (QED) is 0.306. The van der Waals surface area contributed by atoms with Crippen LogP contribution in [0.3, 0.4) is 0 Å². The first kappa shape index (κ1) is 26.3. The van der Waals surface area contributed by atoms with Crippen molar-refractivity contribution in [2.75, 3.05) is 31.9 Å². The zero-order valence-corrected chi connectivity index (χ0v) is 22.9. The van der Waals surface area contributed by atoms with Crippen molar-refractivity contribution in [2.45, 2.75) is 51.8 Å². The molecular formula is C28H33ClN4O5. The van der Waals surface area contributed by atoms with Gasteiger partial charge in [-0.15, -0.1) is 0 Å². The highest BCUT2D eigenvalue weighted by atomic mass is 35.5. The molecule has 10 heteroatoms. The second kappa shape index (κ2) is 10.1. The van der Waals surface area contributed by atoms with Gasteiger partial charge in [0.25, 0.3) is 0 Å². The third-order valence-corrected chi connectivity index (χ3v) is 8.00. The Morgan fingerprint density at radius 3 is 2.71 bits per heavy atom. The van der Waals surface area contributed by atoms with Gasteiger partial charge in [-0.1, -0.05) is 45.0 Å². The molecule has 5 rings (SSSR count). The van der Waals surface area contributed by atoms with Crippen molar-refractivity contribution < 1.29 is 24.1 Å². The number of anilines is 1. The van der Waals surface area contributed by atoms with E-state index in [0.717, 1.165) is 29.2 Å². The Kier molecular flexibility index (Phi) is 7.00. The van der Waals surface area contributed by atoms with Crippen molar-refractivity contribution in [1.29, 1.82) is 0 Å². The molecule has 1 amide bonds. The highest BCUT2D eigenvalue weighted by Gasteiger charge is 2.59. The van der Waals surface area contributed by atoms with E-state index in [4.69, 9.17) is 25.8 Å². The van der Waals surface area contributed by atoms with Crippen LogP contribution in [-0.2, 0) is 11.3 Å². The van der Waals surface area contributed by atoms with E-state index in [9.17, 15) is 9.90 Å². The molecule has 0 spiro atoms. The van der Waals surface area contributed by atoms with E-state index in [1.165, 1.54) is 0 Å². The van der Waals surface area contributed by atoms with Crippen molar-refractivity contribution in [1.82, 2.24) is 14.9 Å². The smallest absolute Gasteiger partial charge is 0.408 e. The van der Waals surface area contributed by atoms with Crippen LogP contribution in [0.1, 0.15) is 39.2 Å². The van der Waals surface area contributed by atoms with Gasteiger partial charge in [-0.3, -0.25) is 4.90 Å². The number of carboxylic acid groups (broad SMARTS) is 1. The normalized spacial score (nSPS) is 21.1. The molecule has 2 aliphatic rings. The van der Waals surface area contributed by atoms with Crippen molar-refractivity contribution in [3.05, 3.63) is 53.3 Å². The van der Waals surface area contributed by atoms with E-state index in [-0.39, 0.29) is 30.1 Å². The standard InChI is InChI=1S/C28H33ClN4O5/c1-27(2,3)28-10-9-20(33(28)26(34)35)14-32(16-28)23-13-24(31-25(29)30-23)37-15-19-12-21(38-17-36-4)11-18-7-5-6-8-22(18)19/h5-8,11-13,20H,9-10,14-17H2,1-4H3,(H,34,35)/t20-,28-/m0/s1. The monoisotopic (exact) mass is 540 g/mol. The number of fused-ring (bicyclic) bond motifs is 3. The summed E-state index contributed by atoms with van der Waals surface area (Å²) in [5, 5.41) is 12.2. The minimum absolute atomic E-state index is 0.0809. The molecule has 2 saturated heterocycles. The number of hydrogen-bond acceptors (Lipinski definition) is 7. The fraction of sp³-hybridized carbons (Fsp3) is 0.464. The fourth-order valence-corrected chi connectivity index (χ4v) is 6.09. The highest BCUT2D eigenvalue weighted by molar-refractivity contribution is 6.28. The van der Waals surface area contributed by atoms with E-state index in [0.29, 0.717) is 30.5 Å². The molecule has 2 fully saturated rings. The van der Waals surface area contributed by atoms with Gasteiger partial charge >= 0.3 is 6.09 Å². The average Bonchev–Trinajstić information content (AvgIpc) is 3.13. The molecule has 9 nitrogen and oxygen atoms in total. The summed E-state index contributed by atoms with van der Waals surface area (Å²) in [6.45, 7) is 7.77. The van der Waals surface area contributed by atoms with E-state index >= 15 is 0 Å². The number of aromatic nitrogens is 2. The number of benzene rings is 2. The lowest BCUT2D eigenvalue weighted by Crippen LogP contribution is -2.68. The fourth-order valence-electron chi connectivity index (χ4n) is 5.92. The van der Waals surface area contributed by atoms with Crippen LogP contribution >= 0.6 is 11.6 Å². The number of methoxy groups -OCH3 is 1. The molecule has 2 aliphatic heterocycles. The number of rotatable bonds is 7. The maximum atomic E-state index is 12.2. The second-order valence-electron chi connectivity index (χ2n) is 11.0. The maximum Gasteiger partial charge on any atom is 0.408 e. The van der Waals surface area contributed by atoms with Gasteiger partial charge in [-0.2, -0.15) is 4.98 Å². The van der Waals surface area contributed by atoms with Gasteiger partial charge in [0.1, 0.15) is 18.2 Å². The lowest BCUT2D eigenvalue weighted by atomic mass is 9.71. The predicted octanol–water partition coefficient (Wildman–Crippen LogP) is 5.59. The first-order valence-electron chi connectivity index (χ1n) is 12.7. The summed E-state index contributed by atoms with van der Waals surface area (Å²) in [6.07, 6.45) is 0.757. The summed E-state index contributed by atoms with van der Waals surface area (Å²) in [6, 6.07) is 13.6. The number of piperazine rings is 1. The number of halogens is 1. The van der Waals surface area contributed by atoms with Crippen LogP contribution in [0.25, 0.3) is 10.8 Å². The Labute approximate surface area is 227 Å². The molecule has 202 valence electrons. The molecule has 1 N–H and O–H groups in total. The second-order valence-corrected chi connectivity index (χ2v) is 11.3. The molecule has 2 atom stereocenters. The van der Waals surface area contributed by atoms with Gasteiger partial charge < -0.3 is 24.2 Å². The van der Waals surface area contributed by atoms with Crippen molar-refractivity contribution in [2.24, 2.45) is 5.41 Å². The predicted molar refractivity (Wildman–Crippen MR) is 145 cm³/mol. The van der Waals surface area contributed by atoms with E-state index in [2.05, 4.69) is 35.6 Å². The molecule has 1 aromatic heterocycles. The Morgan fingerprint density at radius 2 is 1.97 bits per heavy atom. The Hall–Kier alpha value is -3.30. The van der Waals surface area contributed by atoms with Crippen LogP contribution < -0.4 is 14.4 Å². The zero-order valence-electron chi connectivity index (χ0n) is 22.1. The van der Waals surface area contributed by atoms with Crippen LogP contribution in [0.2, 0.25) is 5.28 Å². The van der Waals surface area contributed by atoms with Crippen molar-refractivity contribution >= 4 is 34.3 Å². The summed E-state index contributed by atoms with van der Waals surface area (Å²) >= 11 is 6.35.